The Morgan fingerprint density at radius 3 is 2.67 bits per heavy atom. The lowest BCUT2D eigenvalue weighted by atomic mass is 10.1. The van der Waals surface area contributed by atoms with Crippen LogP contribution in [-0.2, 0) is 0 Å². The zero-order valence-electron chi connectivity index (χ0n) is 9.93. The zero-order chi connectivity index (χ0) is 13.3. The molecule has 1 heterocycles. The molecule has 1 atom stereocenters. The van der Waals surface area contributed by atoms with E-state index in [-0.39, 0.29) is 11.9 Å². The highest BCUT2D eigenvalue weighted by atomic mass is 79.9. The third-order valence-electron chi connectivity index (χ3n) is 2.72. The van der Waals surface area contributed by atoms with Crippen LogP contribution < -0.4 is 5.32 Å². The number of hydrogen-bond acceptors (Lipinski definition) is 2. The van der Waals surface area contributed by atoms with Gasteiger partial charge in [-0.05, 0) is 49.4 Å². The molecule has 96 valence electrons. The molecule has 1 aromatic carbocycles. The molecule has 0 fully saturated rings. The monoisotopic (exact) mass is 347 g/mol. The first-order chi connectivity index (χ1) is 8.52. The maximum Gasteiger partial charge on any atom is 0.123 e. The summed E-state index contributed by atoms with van der Waals surface area (Å²) < 4.78 is 15.0. The van der Waals surface area contributed by atoms with Gasteiger partial charge in [0.15, 0.2) is 0 Å². The van der Waals surface area contributed by atoms with Crippen molar-refractivity contribution in [3.63, 3.8) is 0 Å². The molecular weight excluding hydrogens is 337 g/mol. The minimum Gasteiger partial charge on any atom is -0.309 e. The molecule has 0 aliphatic carbocycles. The molecule has 0 aliphatic rings. The van der Waals surface area contributed by atoms with E-state index in [1.54, 1.807) is 6.07 Å². The summed E-state index contributed by atoms with van der Waals surface area (Å²) in [6.45, 7) is 1.97. The average Bonchev–Trinajstić information content (AvgIpc) is 2.65. The maximum atomic E-state index is 13.4. The Morgan fingerprint density at radius 2 is 2.11 bits per heavy atom. The van der Waals surface area contributed by atoms with Gasteiger partial charge < -0.3 is 5.32 Å². The highest BCUT2D eigenvalue weighted by molar-refractivity contribution is 9.10. The molecule has 2 aromatic rings. The molecule has 2 rings (SSSR count). The molecular formula is C13H12BrClFNS. The molecule has 0 spiro atoms. The summed E-state index contributed by atoms with van der Waals surface area (Å²) in [4.78, 5) is 1.08. The molecule has 0 aliphatic heterocycles. The molecule has 1 unspecified atom stereocenters. The first-order valence-corrected chi connectivity index (χ1v) is 7.39. The topological polar surface area (TPSA) is 12.0 Å². The SMILES string of the molecule is CNC(c1cc(C)c(Cl)s1)c1cc(F)ccc1Br. The van der Waals surface area contributed by atoms with Crippen molar-refractivity contribution in [2.24, 2.45) is 0 Å². The van der Waals surface area contributed by atoms with Gasteiger partial charge in [-0.25, -0.2) is 4.39 Å². The van der Waals surface area contributed by atoms with Crippen LogP contribution in [0.5, 0.6) is 0 Å². The van der Waals surface area contributed by atoms with Crippen LogP contribution in [0.1, 0.15) is 22.0 Å². The lowest BCUT2D eigenvalue weighted by Crippen LogP contribution is -2.17. The molecule has 0 bridgehead atoms. The van der Waals surface area contributed by atoms with E-state index >= 15 is 0 Å². The van der Waals surface area contributed by atoms with Gasteiger partial charge in [-0.15, -0.1) is 11.3 Å². The van der Waals surface area contributed by atoms with Gasteiger partial charge >= 0.3 is 0 Å². The summed E-state index contributed by atoms with van der Waals surface area (Å²) in [6.07, 6.45) is 0. The molecule has 0 saturated carbocycles. The van der Waals surface area contributed by atoms with Crippen molar-refractivity contribution in [2.45, 2.75) is 13.0 Å². The fourth-order valence-electron chi connectivity index (χ4n) is 1.81. The van der Waals surface area contributed by atoms with E-state index in [0.29, 0.717) is 0 Å². The molecule has 0 radical (unpaired) electrons. The summed E-state index contributed by atoms with van der Waals surface area (Å²) in [5.41, 5.74) is 1.92. The quantitative estimate of drug-likeness (QED) is 0.830. The van der Waals surface area contributed by atoms with Gasteiger partial charge in [0.25, 0.3) is 0 Å². The Balaban J connectivity index is 2.48. The van der Waals surface area contributed by atoms with Crippen LogP contribution in [0.4, 0.5) is 4.39 Å². The molecule has 0 amide bonds. The van der Waals surface area contributed by atoms with Gasteiger partial charge in [0.1, 0.15) is 5.82 Å². The third kappa shape index (κ3) is 2.77. The highest BCUT2D eigenvalue weighted by Crippen LogP contribution is 2.36. The largest absolute Gasteiger partial charge is 0.309 e. The zero-order valence-corrected chi connectivity index (χ0v) is 13.1. The summed E-state index contributed by atoms with van der Waals surface area (Å²) in [5, 5.41) is 3.20. The fourth-order valence-corrected chi connectivity index (χ4v) is 3.64. The first-order valence-electron chi connectivity index (χ1n) is 5.41. The van der Waals surface area contributed by atoms with E-state index in [9.17, 15) is 4.39 Å². The average molecular weight is 349 g/mol. The number of benzene rings is 1. The highest BCUT2D eigenvalue weighted by Gasteiger charge is 2.18. The van der Waals surface area contributed by atoms with Crippen molar-refractivity contribution >= 4 is 38.9 Å². The number of hydrogen-bond donors (Lipinski definition) is 1. The van der Waals surface area contributed by atoms with Crippen LogP contribution in [-0.4, -0.2) is 7.05 Å². The molecule has 18 heavy (non-hydrogen) atoms. The first kappa shape index (κ1) is 14.0. The summed E-state index contributed by atoms with van der Waals surface area (Å²) in [5.74, 6) is -0.243. The van der Waals surface area contributed by atoms with Crippen LogP contribution >= 0.6 is 38.9 Å². The van der Waals surface area contributed by atoms with Crippen molar-refractivity contribution < 1.29 is 4.39 Å². The Hall–Kier alpha value is -0.420. The lowest BCUT2D eigenvalue weighted by molar-refractivity contribution is 0.617. The summed E-state index contributed by atoms with van der Waals surface area (Å²) >= 11 is 11.1. The van der Waals surface area contributed by atoms with Crippen molar-refractivity contribution in [3.8, 4) is 0 Å². The van der Waals surface area contributed by atoms with Gasteiger partial charge in [-0.2, -0.15) is 0 Å². The fraction of sp³-hybridized carbons (Fsp3) is 0.231. The number of rotatable bonds is 3. The third-order valence-corrected chi connectivity index (χ3v) is 5.06. The van der Waals surface area contributed by atoms with Gasteiger partial charge in [0.05, 0.1) is 10.4 Å². The van der Waals surface area contributed by atoms with Crippen molar-refractivity contribution in [1.82, 2.24) is 5.32 Å². The van der Waals surface area contributed by atoms with Gasteiger partial charge in [-0.1, -0.05) is 27.5 Å². The van der Waals surface area contributed by atoms with Gasteiger partial charge in [0, 0.05) is 9.35 Å². The lowest BCUT2D eigenvalue weighted by Gasteiger charge is -2.16. The normalized spacial score (nSPS) is 12.7. The Morgan fingerprint density at radius 1 is 1.39 bits per heavy atom. The Kier molecular flexibility index (Phi) is 4.43. The van der Waals surface area contributed by atoms with E-state index < -0.39 is 0 Å². The van der Waals surface area contributed by atoms with Crippen LogP contribution in [0.3, 0.4) is 0 Å². The molecule has 1 aromatic heterocycles. The summed E-state index contributed by atoms with van der Waals surface area (Å²) in [7, 11) is 1.85. The molecule has 1 nitrogen and oxygen atoms in total. The van der Waals surface area contributed by atoms with Crippen molar-refractivity contribution in [3.05, 3.63) is 54.9 Å². The van der Waals surface area contributed by atoms with Gasteiger partial charge in [0.2, 0.25) is 0 Å². The molecule has 0 saturated heterocycles. The van der Waals surface area contributed by atoms with E-state index in [0.717, 1.165) is 24.8 Å². The van der Waals surface area contributed by atoms with E-state index in [1.165, 1.54) is 23.5 Å². The Labute approximate surface area is 123 Å². The van der Waals surface area contributed by atoms with Crippen LogP contribution in [0.15, 0.2) is 28.7 Å². The van der Waals surface area contributed by atoms with E-state index in [2.05, 4.69) is 21.2 Å². The predicted molar refractivity (Wildman–Crippen MR) is 79.1 cm³/mol. The number of nitrogens with one attached hydrogen (secondary N) is 1. The van der Waals surface area contributed by atoms with E-state index in [1.807, 2.05) is 20.0 Å². The van der Waals surface area contributed by atoms with Crippen LogP contribution in [0, 0.1) is 12.7 Å². The minimum absolute atomic E-state index is 0.0636. The standard InChI is InChI=1S/C13H12BrClFNS/c1-7-5-11(18-13(7)15)12(17-2)9-6-8(16)3-4-10(9)14/h3-6,12,17H,1-2H3. The van der Waals surface area contributed by atoms with Gasteiger partial charge in [-0.3, -0.25) is 0 Å². The maximum absolute atomic E-state index is 13.4. The second-order valence-electron chi connectivity index (χ2n) is 3.99. The predicted octanol–water partition coefficient (Wildman–Crippen LogP) is 4.92. The number of halogens is 3. The smallest absolute Gasteiger partial charge is 0.123 e. The Bertz CT molecular complexity index is 551. The second-order valence-corrected chi connectivity index (χ2v) is 6.53. The molecule has 5 heteroatoms. The van der Waals surface area contributed by atoms with Crippen LogP contribution in [0.25, 0.3) is 0 Å². The number of thiophene rings is 1. The van der Waals surface area contributed by atoms with E-state index in [4.69, 9.17) is 11.6 Å². The summed E-state index contributed by atoms with van der Waals surface area (Å²) in [6, 6.07) is 6.66. The minimum atomic E-state index is -0.243. The van der Waals surface area contributed by atoms with Crippen molar-refractivity contribution in [1.29, 1.82) is 0 Å². The molecule has 1 N–H and O–H groups in total. The van der Waals surface area contributed by atoms with Crippen molar-refractivity contribution in [2.75, 3.05) is 7.05 Å². The second kappa shape index (κ2) is 5.70. The van der Waals surface area contributed by atoms with Crippen LogP contribution in [0.2, 0.25) is 4.34 Å². The number of aryl methyl sites for hydroxylation is 1.